The van der Waals surface area contributed by atoms with E-state index in [4.69, 9.17) is 4.74 Å². The van der Waals surface area contributed by atoms with Crippen molar-refractivity contribution < 1.29 is 14.5 Å². The van der Waals surface area contributed by atoms with Crippen molar-refractivity contribution in [2.75, 3.05) is 0 Å². The summed E-state index contributed by atoms with van der Waals surface area (Å²) in [7, 11) is 0. The third kappa shape index (κ3) is 2.83. The minimum absolute atomic E-state index is 0.0127. The molecule has 2 aromatic rings. The van der Waals surface area contributed by atoms with Gasteiger partial charge in [-0.3, -0.25) is 14.9 Å². The van der Waals surface area contributed by atoms with Gasteiger partial charge in [-0.1, -0.05) is 6.07 Å². The minimum Gasteiger partial charge on any atom is -0.430 e. The lowest BCUT2D eigenvalue weighted by Gasteiger charge is -2.09. The van der Waals surface area contributed by atoms with Crippen LogP contribution in [0.2, 0.25) is 0 Å². The first kappa shape index (κ1) is 14.1. The number of nitro benzene ring substituents is 1. The van der Waals surface area contributed by atoms with E-state index in [0.29, 0.717) is 4.47 Å². The number of halogens is 1. The quantitative estimate of drug-likeness (QED) is 0.482. The van der Waals surface area contributed by atoms with Gasteiger partial charge in [0.25, 0.3) is 0 Å². The molecule has 1 aromatic carbocycles. The third-order valence-corrected chi connectivity index (χ3v) is 3.12. The molecule has 0 spiro atoms. The molecule has 2 rings (SSSR count). The molecule has 0 unspecified atom stereocenters. The van der Waals surface area contributed by atoms with Crippen LogP contribution in [0.25, 0.3) is 0 Å². The first-order valence-corrected chi connectivity index (χ1v) is 6.36. The van der Waals surface area contributed by atoms with Gasteiger partial charge >= 0.3 is 5.69 Å². The van der Waals surface area contributed by atoms with E-state index < -0.39 is 4.92 Å². The fraction of sp³-hybridized carbons (Fsp3) is 0.0769. The van der Waals surface area contributed by atoms with Gasteiger partial charge in [0, 0.05) is 12.3 Å². The average molecular weight is 337 g/mol. The molecule has 0 saturated heterocycles. The number of rotatable bonds is 4. The lowest BCUT2D eigenvalue weighted by Crippen LogP contribution is -2.01. The Balaban J connectivity index is 2.51. The van der Waals surface area contributed by atoms with E-state index in [-0.39, 0.29) is 28.7 Å². The first-order chi connectivity index (χ1) is 9.50. The highest BCUT2D eigenvalue weighted by atomic mass is 79.9. The number of Topliss-reactive ketones (excluding diaryl/α,β-unsaturated/α-hetero) is 1. The van der Waals surface area contributed by atoms with Crippen LogP contribution in [0.4, 0.5) is 5.69 Å². The number of benzene rings is 1. The number of ether oxygens (including phenoxy) is 1. The number of ketones is 1. The molecule has 0 saturated carbocycles. The zero-order valence-electron chi connectivity index (χ0n) is 10.4. The van der Waals surface area contributed by atoms with E-state index in [1.54, 1.807) is 18.2 Å². The number of hydrogen-bond acceptors (Lipinski definition) is 5. The summed E-state index contributed by atoms with van der Waals surface area (Å²) in [6, 6.07) is 7.60. The Hall–Kier alpha value is -2.28. The predicted molar refractivity (Wildman–Crippen MR) is 75.1 cm³/mol. The average Bonchev–Trinajstić information content (AvgIpc) is 2.41. The van der Waals surface area contributed by atoms with Gasteiger partial charge in [-0.2, -0.15) is 0 Å². The van der Waals surface area contributed by atoms with Gasteiger partial charge in [-0.05, 0) is 41.1 Å². The van der Waals surface area contributed by atoms with E-state index in [9.17, 15) is 14.9 Å². The second kappa shape index (κ2) is 5.79. The predicted octanol–water partition coefficient (Wildman–Crippen LogP) is 3.75. The number of para-hydroxylation sites is 1. The molecule has 1 aromatic heterocycles. The smallest absolute Gasteiger partial charge is 0.312 e. The lowest BCUT2D eigenvalue weighted by atomic mass is 10.2. The lowest BCUT2D eigenvalue weighted by molar-refractivity contribution is -0.385. The van der Waals surface area contributed by atoms with Gasteiger partial charge in [-0.25, -0.2) is 4.98 Å². The van der Waals surface area contributed by atoms with Crippen molar-refractivity contribution in [1.82, 2.24) is 4.98 Å². The molecule has 0 amide bonds. The van der Waals surface area contributed by atoms with E-state index >= 15 is 0 Å². The maximum absolute atomic E-state index is 11.5. The summed E-state index contributed by atoms with van der Waals surface area (Å²) in [5.74, 6) is -0.184. The minimum atomic E-state index is -0.559. The molecule has 7 heteroatoms. The molecule has 0 aliphatic heterocycles. The summed E-state index contributed by atoms with van der Waals surface area (Å²) in [5.41, 5.74) is 0.0529. The van der Waals surface area contributed by atoms with E-state index in [1.165, 1.54) is 25.3 Å². The Morgan fingerprint density at radius 3 is 2.75 bits per heavy atom. The summed E-state index contributed by atoms with van der Waals surface area (Å²) in [5, 5.41) is 11.0. The Morgan fingerprint density at radius 1 is 1.35 bits per heavy atom. The van der Waals surface area contributed by atoms with Crippen molar-refractivity contribution in [2.45, 2.75) is 6.92 Å². The second-order valence-electron chi connectivity index (χ2n) is 3.86. The number of hydrogen-bond donors (Lipinski definition) is 0. The van der Waals surface area contributed by atoms with Crippen LogP contribution in [0, 0.1) is 10.1 Å². The summed E-state index contributed by atoms with van der Waals surface area (Å²) >= 11 is 3.19. The van der Waals surface area contributed by atoms with Crippen LogP contribution in [0.5, 0.6) is 11.6 Å². The molecular formula is C13H9BrN2O4. The van der Waals surface area contributed by atoms with Crippen LogP contribution in [0.3, 0.4) is 0 Å². The van der Waals surface area contributed by atoms with Crippen molar-refractivity contribution in [3.63, 3.8) is 0 Å². The molecule has 0 radical (unpaired) electrons. The van der Waals surface area contributed by atoms with Gasteiger partial charge in [0.05, 0.1) is 15.0 Å². The van der Waals surface area contributed by atoms with Crippen LogP contribution in [-0.4, -0.2) is 15.7 Å². The summed E-state index contributed by atoms with van der Waals surface area (Å²) in [6.07, 6.45) is 1.45. The maximum Gasteiger partial charge on any atom is 0.312 e. The Labute approximate surface area is 122 Å². The molecule has 0 atom stereocenters. The molecule has 0 fully saturated rings. The zero-order chi connectivity index (χ0) is 14.7. The number of pyridine rings is 1. The van der Waals surface area contributed by atoms with Crippen LogP contribution in [-0.2, 0) is 0 Å². The summed E-state index contributed by atoms with van der Waals surface area (Å²) in [6.45, 7) is 1.37. The molecular weight excluding hydrogens is 328 g/mol. The Kier molecular flexibility index (Phi) is 4.09. The van der Waals surface area contributed by atoms with Gasteiger partial charge in [0.15, 0.2) is 5.78 Å². The second-order valence-corrected chi connectivity index (χ2v) is 4.71. The van der Waals surface area contributed by atoms with Gasteiger partial charge in [0.1, 0.15) is 0 Å². The fourth-order valence-electron chi connectivity index (χ4n) is 1.58. The van der Waals surface area contributed by atoms with E-state index in [2.05, 4.69) is 20.9 Å². The van der Waals surface area contributed by atoms with Gasteiger partial charge in [-0.15, -0.1) is 0 Å². The first-order valence-electron chi connectivity index (χ1n) is 5.57. The normalized spacial score (nSPS) is 10.1. The fourth-order valence-corrected chi connectivity index (χ4v) is 2.02. The molecule has 102 valence electrons. The number of nitrogens with zero attached hydrogens (tertiary/aromatic N) is 2. The highest BCUT2D eigenvalue weighted by Crippen LogP contribution is 2.38. The SMILES string of the molecule is CC(=O)c1cccnc1Oc1c(Br)cccc1[N+](=O)[O-]. The van der Waals surface area contributed by atoms with Crippen LogP contribution in [0.1, 0.15) is 17.3 Å². The van der Waals surface area contributed by atoms with Crippen molar-refractivity contribution in [3.8, 4) is 11.6 Å². The van der Waals surface area contributed by atoms with Gasteiger partial charge < -0.3 is 4.74 Å². The number of carbonyl (C=O) groups excluding carboxylic acids is 1. The number of aromatic nitrogens is 1. The molecule has 0 N–H and O–H groups in total. The van der Waals surface area contributed by atoms with Crippen LogP contribution < -0.4 is 4.74 Å². The third-order valence-electron chi connectivity index (χ3n) is 2.49. The molecule has 20 heavy (non-hydrogen) atoms. The van der Waals surface area contributed by atoms with Crippen LogP contribution in [0.15, 0.2) is 41.0 Å². The van der Waals surface area contributed by atoms with Crippen molar-refractivity contribution >= 4 is 27.4 Å². The van der Waals surface area contributed by atoms with Crippen molar-refractivity contribution in [3.05, 3.63) is 56.7 Å². The van der Waals surface area contributed by atoms with Crippen LogP contribution >= 0.6 is 15.9 Å². The standard InChI is InChI=1S/C13H9BrN2O4/c1-8(17)9-4-3-7-15-13(9)20-12-10(14)5-2-6-11(12)16(18)19/h2-7H,1H3. The maximum atomic E-state index is 11.5. The monoisotopic (exact) mass is 336 g/mol. The molecule has 6 nitrogen and oxygen atoms in total. The van der Waals surface area contributed by atoms with E-state index in [0.717, 1.165) is 0 Å². The number of carbonyl (C=O) groups is 1. The summed E-state index contributed by atoms with van der Waals surface area (Å²) < 4.78 is 5.88. The Bertz CT molecular complexity index is 688. The topological polar surface area (TPSA) is 82.3 Å². The zero-order valence-corrected chi connectivity index (χ0v) is 12.0. The molecule has 0 bridgehead atoms. The highest BCUT2D eigenvalue weighted by molar-refractivity contribution is 9.10. The van der Waals surface area contributed by atoms with Gasteiger partial charge in [0.2, 0.25) is 11.6 Å². The van der Waals surface area contributed by atoms with Crippen molar-refractivity contribution in [1.29, 1.82) is 0 Å². The molecule has 1 heterocycles. The molecule has 0 aliphatic carbocycles. The van der Waals surface area contributed by atoms with E-state index in [1.807, 2.05) is 0 Å². The molecule has 0 aliphatic rings. The Morgan fingerprint density at radius 2 is 2.10 bits per heavy atom. The highest BCUT2D eigenvalue weighted by Gasteiger charge is 2.21. The summed E-state index contributed by atoms with van der Waals surface area (Å²) in [4.78, 5) is 25.9. The largest absolute Gasteiger partial charge is 0.430 e. The number of nitro groups is 1. The van der Waals surface area contributed by atoms with Crippen molar-refractivity contribution in [2.24, 2.45) is 0 Å².